The minimum Gasteiger partial charge on any atom is -0.352 e. The molecule has 0 radical (unpaired) electrons. The Labute approximate surface area is 131 Å². The van der Waals surface area contributed by atoms with Gasteiger partial charge in [-0.3, -0.25) is 4.79 Å². The molecule has 21 heavy (non-hydrogen) atoms. The summed E-state index contributed by atoms with van der Waals surface area (Å²) in [6.07, 6.45) is 5.98. The lowest BCUT2D eigenvalue weighted by atomic mass is 9.95. The Kier molecular flexibility index (Phi) is 5.62. The maximum atomic E-state index is 12.3. The molecule has 2 rings (SSSR count). The Morgan fingerprint density at radius 2 is 1.71 bits per heavy atom. The molecule has 1 heterocycles. The molecule has 1 aromatic rings. The van der Waals surface area contributed by atoms with Gasteiger partial charge in [-0.25, -0.2) is 9.97 Å². The molecule has 1 amide bonds. The van der Waals surface area contributed by atoms with Crippen molar-refractivity contribution in [3.8, 4) is 0 Å². The summed E-state index contributed by atoms with van der Waals surface area (Å²) in [5, 5.41) is 3.70. The second-order valence-corrected chi connectivity index (χ2v) is 7.21. The van der Waals surface area contributed by atoms with Crippen LogP contribution in [-0.4, -0.2) is 27.2 Å². The predicted octanol–water partition coefficient (Wildman–Crippen LogP) is 3.33. The van der Waals surface area contributed by atoms with E-state index >= 15 is 0 Å². The van der Waals surface area contributed by atoms with Gasteiger partial charge >= 0.3 is 0 Å². The number of nitrogens with one attached hydrogen (secondary N) is 1. The number of hydrogen-bond donors (Lipinski definition) is 1. The molecule has 0 aromatic carbocycles. The molecule has 5 heteroatoms. The number of hydrogen-bond acceptors (Lipinski definition) is 4. The van der Waals surface area contributed by atoms with E-state index in [0.717, 1.165) is 29.8 Å². The third kappa shape index (κ3) is 4.43. The first-order chi connectivity index (χ1) is 9.97. The van der Waals surface area contributed by atoms with Crippen LogP contribution < -0.4 is 5.32 Å². The molecule has 1 atom stereocenters. The Hall–Kier alpha value is -1.10. The average molecular weight is 307 g/mol. The van der Waals surface area contributed by atoms with Crippen LogP contribution in [0.15, 0.2) is 5.16 Å². The molecule has 0 aliphatic heterocycles. The topological polar surface area (TPSA) is 54.9 Å². The highest BCUT2D eigenvalue weighted by Gasteiger charge is 2.21. The van der Waals surface area contributed by atoms with E-state index in [0.29, 0.717) is 11.2 Å². The molecule has 4 nitrogen and oxygen atoms in total. The van der Waals surface area contributed by atoms with Crippen LogP contribution in [0.25, 0.3) is 0 Å². The van der Waals surface area contributed by atoms with Crippen molar-refractivity contribution < 1.29 is 4.79 Å². The van der Waals surface area contributed by atoms with E-state index in [1.807, 2.05) is 27.7 Å². The van der Waals surface area contributed by atoms with Crippen LogP contribution in [0.5, 0.6) is 0 Å². The van der Waals surface area contributed by atoms with Crippen LogP contribution in [0.1, 0.15) is 56.0 Å². The standard InChI is InChI=1S/C16H25N3OS/c1-10-11(2)17-16(18-12(10)3)21-13(4)15(20)19-14-8-6-5-7-9-14/h13-14H,5-9H2,1-4H3,(H,19,20). The maximum Gasteiger partial charge on any atom is 0.233 e. The number of rotatable bonds is 4. The number of aryl methyl sites for hydroxylation is 2. The largest absolute Gasteiger partial charge is 0.352 e. The molecule has 0 bridgehead atoms. The van der Waals surface area contributed by atoms with Crippen molar-refractivity contribution in [1.82, 2.24) is 15.3 Å². The Morgan fingerprint density at radius 3 is 2.29 bits per heavy atom. The number of carbonyl (C=O) groups is 1. The van der Waals surface area contributed by atoms with Gasteiger partial charge in [-0.1, -0.05) is 31.0 Å². The van der Waals surface area contributed by atoms with Gasteiger partial charge in [-0.2, -0.15) is 0 Å². The fraction of sp³-hybridized carbons (Fsp3) is 0.688. The van der Waals surface area contributed by atoms with Gasteiger partial charge in [-0.05, 0) is 46.1 Å². The van der Waals surface area contributed by atoms with Gasteiger partial charge in [0.1, 0.15) is 0 Å². The zero-order valence-electron chi connectivity index (χ0n) is 13.4. The first-order valence-electron chi connectivity index (χ1n) is 7.76. The molecule has 1 aromatic heterocycles. The molecule has 1 unspecified atom stereocenters. The Balaban J connectivity index is 1.93. The minimum atomic E-state index is -0.159. The molecule has 116 valence electrons. The average Bonchev–Trinajstić information content (AvgIpc) is 2.45. The van der Waals surface area contributed by atoms with Crippen molar-refractivity contribution in [3.63, 3.8) is 0 Å². The first-order valence-corrected chi connectivity index (χ1v) is 8.64. The maximum absolute atomic E-state index is 12.3. The normalized spacial score (nSPS) is 17.5. The van der Waals surface area contributed by atoms with Crippen LogP contribution in [-0.2, 0) is 4.79 Å². The van der Waals surface area contributed by atoms with Crippen molar-refractivity contribution in [3.05, 3.63) is 17.0 Å². The van der Waals surface area contributed by atoms with Gasteiger partial charge in [-0.15, -0.1) is 0 Å². The third-order valence-corrected chi connectivity index (χ3v) is 5.18. The van der Waals surface area contributed by atoms with Crippen LogP contribution in [0.2, 0.25) is 0 Å². The second kappa shape index (κ2) is 7.25. The summed E-state index contributed by atoms with van der Waals surface area (Å²) in [4.78, 5) is 21.2. The Morgan fingerprint density at radius 1 is 1.14 bits per heavy atom. The van der Waals surface area contributed by atoms with Crippen molar-refractivity contribution in [2.75, 3.05) is 0 Å². The predicted molar refractivity (Wildman–Crippen MR) is 86.6 cm³/mol. The van der Waals surface area contributed by atoms with Crippen LogP contribution in [0.3, 0.4) is 0 Å². The van der Waals surface area contributed by atoms with E-state index < -0.39 is 0 Å². The number of carbonyl (C=O) groups excluding carboxylic acids is 1. The lowest BCUT2D eigenvalue weighted by Gasteiger charge is -2.24. The van der Waals surface area contributed by atoms with Gasteiger partial charge in [0.05, 0.1) is 5.25 Å². The molecule has 0 saturated heterocycles. The van der Waals surface area contributed by atoms with E-state index in [4.69, 9.17) is 0 Å². The molecular weight excluding hydrogens is 282 g/mol. The first kappa shape index (κ1) is 16.3. The third-order valence-electron chi connectivity index (χ3n) is 4.22. The zero-order chi connectivity index (χ0) is 15.4. The minimum absolute atomic E-state index is 0.103. The molecule has 1 fully saturated rings. The number of aromatic nitrogens is 2. The van der Waals surface area contributed by atoms with Crippen molar-refractivity contribution >= 4 is 17.7 Å². The van der Waals surface area contributed by atoms with Gasteiger partial charge < -0.3 is 5.32 Å². The second-order valence-electron chi connectivity index (χ2n) is 5.91. The zero-order valence-corrected chi connectivity index (χ0v) is 14.2. The summed E-state index contributed by atoms with van der Waals surface area (Å²) in [7, 11) is 0. The molecule has 1 N–H and O–H groups in total. The van der Waals surface area contributed by atoms with E-state index in [9.17, 15) is 4.79 Å². The summed E-state index contributed by atoms with van der Waals surface area (Å²) < 4.78 is 0. The van der Waals surface area contributed by atoms with Crippen LogP contribution >= 0.6 is 11.8 Å². The lowest BCUT2D eigenvalue weighted by Crippen LogP contribution is -2.40. The molecular formula is C16H25N3OS. The van der Waals surface area contributed by atoms with Gasteiger partial charge in [0.15, 0.2) is 5.16 Å². The summed E-state index contributed by atoms with van der Waals surface area (Å²) in [5.74, 6) is 0.103. The molecule has 1 saturated carbocycles. The highest BCUT2D eigenvalue weighted by molar-refractivity contribution is 8.00. The van der Waals surface area contributed by atoms with Gasteiger partial charge in [0.25, 0.3) is 0 Å². The highest BCUT2D eigenvalue weighted by atomic mass is 32.2. The summed E-state index contributed by atoms with van der Waals surface area (Å²) in [6.45, 7) is 7.93. The van der Waals surface area contributed by atoms with Gasteiger partial charge in [0.2, 0.25) is 5.91 Å². The van der Waals surface area contributed by atoms with Crippen molar-refractivity contribution in [2.45, 2.75) is 76.2 Å². The fourth-order valence-electron chi connectivity index (χ4n) is 2.57. The van der Waals surface area contributed by atoms with E-state index in [1.54, 1.807) is 0 Å². The van der Waals surface area contributed by atoms with E-state index in [1.165, 1.54) is 31.0 Å². The molecule has 1 aliphatic carbocycles. The van der Waals surface area contributed by atoms with Crippen molar-refractivity contribution in [1.29, 1.82) is 0 Å². The fourth-order valence-corrected chi connectivity index (χ4v) is 3.44. The number of thioether (sulfide) groups is 1. The highest BCUT2D eigenvalue weighted by Crippen LogP contribution is 2.23. The van der Waals surface area contributed by atoms with E-state index in [2.05, 4.69) is 15.3 Å². The molecule has 1 aliphatic rings. The van der Waals surface area contributed by atoms with E-state index in [-0.39, 0.29) is 11.2 Å². The van der Waals surface area contributed by atoms with Crippen LogP contribution in [0.4, 0.5) is 0 Å². The smallest absolute Gasteiger partial charge is 0.233 e. The van der Waals surface area contributed by atoms with Gasteiger partial charge in [0, 0.05) is 17.4 Å². The lowest BCUT2D eigenvalue weighted by molar-refractivity contribution is -0.121. The molecule has 0 spiro atoms. The summed E-state index contributed by atoms with van der Waals surface area (Å²) in [6, 6.07) is 0.358. The monoisotopic (exact) mass is 307 g/mol. The van der Waals surface area contributed by atoms with Crippen LogP contribution in [0, 0.1) is 20.8 Å². The SMILES string of the molecule is Cc1nc(SC(C)C(=O)NC2CCCCC2)nc(C)c1C. The quantitative estimate of drug-likeness (QED) is 0.685. The Bertz CT molecular complexity index is 489. The number of nitrogens with zero attached hydrogens (tertiary/aromatic N) is 2. The number of amides is 1. The van der Waals surface area contributed by atoms with Crippen molar-refractivity contribution in [2.24, 2.45) is 0 Å². The summed E-state index contributed by atoms with van der Waals surface area (Å²) in [5.41, 5.74) is 3.11. The summed E-state index contributed by atoms with van der Waals surface area (Å²) >= 11 is 1.44.